The highest BCUT2D eigenvalue weighted by molar-refractivity contribution is 9.10. The first kappa shape index (κ1) is 16.5. The third-order valence-corrected chi connectivity index (χ3v) is 3.84. The average molecular weight is 365 g/mol. The lowest BCUT2D eigenvalue weighted by Gasteiger charge is -2.29. The van der Waals surface area contributed by atoms with Crippen molar-refractivity contribution in [3.8, 4) is 0 Å². The van der Waals surface area contributed by atoms with E-state index >= 15 is 0 Å². The third-order valence-electron chi connectivity index (χ3n) is 3.15. The molecular formula is C13H16BrCl2N3. The van der Waals surface area contributed by atoms with Gasteiger partial charge in [0.25, 0.3) is 0 Å². The van der Waals surface area contributed by atoms with Gasteiger partial charge in [-0.1, -0.05) is 28.1 Å². The van der Waals surface area contributed by atoms with Crippen LogP contribution in [-0.2, 0) is 0 Å². The van der Waals surface area contributed by atoms with Crippen LogP contribution in [0, 0.1) is 0 Å². The average Bonchev–Trinajstić information content (AvgIpc) is 2.40. The minimum Gasteiger partial charge on any atom is -0.354 e. The summed E-state index contributed by atoms with van der Waals surface area (Å²) in [6.45, 7) is 4.12. The number of hydrogen-bond acceptors (Lipinski definition) is 3. The zero-order valence-electron chi connectivity index (χ0n) is 10.3. The van der Waals surface area contributed by atoms with E-state index in [9.17, 15) is 0 Å². The molecule has 1 fully saturated rings. The van der Waals surface area contributed by atoms with Gasteiger partial charge in [-0.3, -0.25) is 0 Å². The fourth-order valence-corrected chi connectivity index (χ4v) is 2.78. The van der Waals surface area contributed by atoms with Gasteiger partial charge < -0.3 is 10.2 Å². The van der Waals surface area contributed by atoms with Crippen molar-refractivity contribution in [2.45, 2.75) is 0 Å². The Labute approximate surface area is 133 Å². The molecule has 0 aliphatic carbocycles. The summed E-state index contributed by atoms with van der Waals surface area (Å²) in [5, 5.41) is 5.82. The van der Waals surface area contributed by atoms with Crippen molar-refractivity contribution in [1.82, 2.24) is 10.3 Å². The second-order valence-corrected chi connectivity index (χ2v) is 5.06. The molecule has 1 saturated heterocycles. The minimum atomic E-state index is 0. The SMILES string of the molecule is Brc1cccc2c(N3CCNCC3)nccc12.Cl.Cl. The van der Waals surface area contributed by atoms with E-state index in [0.29, 0.717) is 0 Å². The van der Waals surface area contributed by atoms with Crippen molar-refractivity contribution in [1.29, 1.82) is 0 Å². The molecule has 2 aromatic rings. The van der Waals surface area contributed by atoms with E-state index in [0.717, 1.165) is 36.5 Å². The predicted molar refractivity (Wildman–Crippen MR) is 89.0 cm³/mol. The largest absolute Gasteiger partial charge is 0.354 e. The molecule has 1 aromatic carbocycles. The molecular weight excluding hydrogens is 349 g/mol. The summed E-state index contributed by atoms with van der Waals surface area (Å²) in [6, 6.07) is 8.35. The normalized spacial score (nSPS) is 14.7. The van der Waals surface area contributed by atoms with Gasteiger partial charge in [-0.05, 0) is 12.1 Å². The van der Waals surface area contributed by atoms with Crippen molar-refractivity contribution in [3.05, 3.63) is 34.9 Å². The van der Waals surface area contributed by atoms with Gasteiger partial charge in [0.15, 0.2) is 0 Å². The highest BCUT2D eigenvalue weighted by Gasteiger charge is 2.14. The minimum absolute atomic E-state index is 0. The Morgan fingerprint density at radius 1 is 1.05 bits per heavy atom. The Morgan fingerprint density at radius 3 is 2.53 bits per heavy atom. The summed E-state index contributed by atoms with van der Waals surface area (Å²) in [5.41, 5.74) is 0. The van der Waals surface area contributed by atoms with Crippen molar-refractivity contribution in [2.24, 2.45) is 0 Å². The molecule has 1 aromatic heterocycles. The maximum atomic E-state index is 4.55. The Kier molecular flexibility index (Phi) is 6.33. The highest BCUT2D eigenvalue weighted by atomic mass is 79.9. The van der Waals surface area contributed by atoms with Gasteiger partial charge in [0.05, 0.1) is 0 Å². The number of aromatic nitrogens is 1. The maximum Gasteiger partial charge on any atom is 0.136 e. The molecule has 3 nitrogen and oxygen atoms in total. The third kappa shape index (κ3) is 3.31. The second kappa shape index (κ2) is 7.29. The second-order valence-electron chi connectivity index (χ2n) is 4.21. The van der Waals surface area contributed by atoms with Crippen LogP contribution in [0.2, 0.25) is 0 Å². The van der Waals surface area contributed by atoms with E-state index in [4.69, 9.17) is 0 Å². The number of pyridine rings is 1. The smallest absolute Gasteiger partial charge is 0.136 e. The number of nitrogens with zero attached hydrogens (tertiary/aromatic N) is 2. The maximum absolute atomic E-state index is 4.55. The van der Waals surface area contributed by atoms with Crippen LogP contribution < -0.4 is 10.2 Å². The number of hydrogen-bond donors (Lipinski definition) is 1. The van der Waals surface area contributed by atoms with Crippen molar-refractivity contribution in [3.63, 3.8) is 0 Å². The van der Waals surface area contributed by atoms with E-state index in [-0.39, 0.29) is 24.8 Å². The molecule has 104 valence electrons. The molecule has 0 unspecified atom stereocenters. The first-order chi connectivity index (χ1) is 8.36. The van der Waals surface area contributed by atoms with Crippen LogP contribution in [-0.4, -0.2) is 31.2 Å². The van der Waals surface area contributed by atoms with Gasteiger partial charge in [-0.2, -0.15) is 0 Å². The van der Waals surface area contributed by atoms with Crippen molar-refractivity contribution in [2.75, 3.05) is 31.1 Å². The summed E-state index contributed by atoms with van der Waals surface area (Å²) in [7, 11) is 0. The Balaban J connectivity index is 0.000000902. The summed E-state index contributed by atoms with van der Waals surface area (Å²) >= 11 is 3.60. The molecule has 2 heterocycles. The van der Waals surface area contributed by atoms with Gasteiger partial charge >= 0.3 is 0 Å². The number of fused-ring (bicyclic) bond motifs is 1. The van der Waals surface area contributed by atoms with Gasteiger partial charge in [0, 0.05) is 47.6 Å². The molecule has 0 saturated carbocycles. The van der Waals surface area contributed by atoms with E-state index in [1.807, 2.05) is 6.20 Å². The monoisotopic (exact) mass is 363 g/mol. The Hall–Kier alpha value is -0.550. The Bertz CT molecular complexity index is 544. The van der Waals surface area contributed by atoms with Gasteiger partial charge in [0.1, 0.15) is 5.82 Å². The molecule has 1 aliphatic rings. The first-order valence-electron chi connectivity index (χ1n) is 5.85. The lowest BCUT2D eigenvalue weighted by Crippen LogP contribution is -2.43. The lowest BCUT2D eigenvalue weighted by atomic mass is 10.1. The molecule has 3 rings (SSSR count). The van der Waals surface area contributed by atoms with E-state index in [1.54, 1.807) is 0 Å². The number of piperazine rings is 1. The zero-order valence-corrected chi connectivity index (χ0v) is 13.5. The topological polar surface area (TPSA) is 28.2 Å². The lowest BCUT2D eigenvalue weighted by molar-refractivity contribution is 0.586. The van der Waals surface area contributed by atoms with E-state index in [1.165, 1.54) is 10.8 Å². The van der Waals surface area contributed by atoms with Crippen LogP contribution in [0.5, 0.6) is 0 Å². The van der Waals surface area contributed by atoms with Gasteiger partial charge in [-0.25, -0.2) is 4.98 Å². The molecule has 0 amide bonds. The van der Waals surface area contributed by atoms with Crippen LogP contribution in [0.1, 0.15) is 0 Å². The molecule has 1 aliphatic heterocycles. The van der Waals surface area contributed by atoms with Crippen LogP contribution in [0.25, 0.3) is 10.8 Å². The molecule has 6 heteroatoms. The van der Waals surface area contributed by atoms with Crippen molar-refractivity contribution >= 4 is 57.3 Å². The number of benzene rings is 1. The Morgan fingerprint density at radius 2 is 1.79 bits per heavy atom. The van der Waals surface area contributed by atoms with E-state index < -0.39 is 0 Å². The van der Waals surface area contributed by atoms with Crippen LogP contribution in [0.4, 0.5) is 5.82 Å². The van der Waals surface area contributed by atoms with Crippen molar-refractivity contribution < 1.29 is 0 Å². The molecule has 0 spiro atoms. The number of rotatable bonds is 1. The quantitative estimate of drug-likeness (QED) is 0.841. The molecule has 19 heavy (non-hydrogen) atoms. The van der Waals surface area contributed by atoms with Gasteiger partial charge in [-0.15, -0.1) is 24.8 Å². The molecule has 0 atom stereocenters. The number of halogens is 3. The number of anilines is 1. The molecule has 1 N–H and O–H groups in total. The summed E-state index contributed by atoms with van der Waals surface area (Å²) in [4.78, 5) is 6.90. The summed E-state index contributed by atoms with van der Waals surface area (Å²) in [5.74, 6) is 1.10. The zero-order chi connectivity index (χ0) is 11.7. The standard InChI is InChI=1S/C13H14BrN3.2ClH/c14-12-3-1-2-11-10(12)4-5-16-13(11)17-8-6-15-7-9-17;;/h1-5,15H,6-9H2;2*1H. The molecule has 0 radical (unpaired) electrons. The van der Waals surface area contributed by atoms with Crippen LogP contribution in [0.3, 0.4) is 0 Å². The first-order valence-corrected chi connectivity index (χ1v) is 6.64. The van der Waals surface area contributed by atoms with Crippen LogP contribution in [0.15, 0.2) is 34.9 Å². The fraction of sp³-hybridized carbons (Fsp3) is 0.308. The predicted octanol–water partition coefficient (Wildman–Crippen LogP) is 3.25. The molecule has 0 bridgehead atoms. The van der Waals surface area contributed by atoms with Gasteiger partial charge in [0.2, 0.25) is 0 Å². The summed E-state index contributed by atoms with van der Waals surface area (Å²) in [6.07, 6.45) is 1.89. The number of nitrogens with one attached hydrogen (secondary N) is 1. The summed E-state index contributed by atoms with van der Waals surface area (Å²) < 4.78 is 1.13. The van der Waals surface area contributed by atoms with Crippen LogP contribution >= 0.6 is 40.7 Å². The fourth-order valence-electron chi connectivity index (χ4n) is 2.28. The highest BCUT2D eigenvalue weighted by Crippen LogP contribution is 2.29. The van der Waals surface area contributed by atoms with E-state index in [2.05, 4.69) is 55.4 Å².